The van der Waals surface area contributed by atoms with Crippen molar-refractivity contribution < 1.29 is 4.79 Å². The highest BCUT2D eigenvalue weighted by Crippen LogP contribution is 2.16. The first kappa shape index (κ1) is 16.9. The number of anilines is 3. The molecular formula is C17H19N9O. The van der Waals surface area contributed by atoms with E-state index in [0.717, 1.165) is 32.0 Å². The number of nitrogens with one attached hydrogen (secondary N) is 1. The van der Waals surface area contributed by atoms with Gasteiger partial charge in [-0.25, -0.2) is 24.6 Å². The highest BCUT2D eigenvalue weighted by Gasteiger charge is 2.19. The van der Waals surface area contributed by atoms with Crippen molar-refractivity contribution >= 4 is 23.4 Å². The molecule has 1 amide bonds. The van der Waals surface area contributed by atoms with E-state index in [1.807, 2.05) is 18.2 Å². The zero-order valence-corrected chi connectivity index (χ0v) is 14.6. The summed E-state index contributed by atoms with van der Waals surface area (Å²) in [5.74, 6) is 1.44. The van der Waals surface area contributed by atoms with Gasteiger partial charge in [0.2, 0.25) is 11.9 Å². The van der Waals surface area contributed by atoms with Gasteiger partial charge >= 0.3 is 0 Å². The van der Waals surface area contributed by atoms with Gasteiger partial charge in [0.25, 0.3) is 0 Å². The summed E-state index contributed by atoms with van der Waals surface area (Å²) in [6.45, 7) is 3.44. The fourth-order valence-electron chi connectivity index (χ4n) is 2.89. The van der Waals surface area contributed by atoms with Crippen LogP contribution in [0.5, 0.6) is 0 Å². The van der Waals surface area contributed by atoms with E-state index in [9.17, 15) is 4.79 Å². The zero-order chi connectivity index (χ0) is 18.5. The second-order valence-corrected chi connectivity index (χ2v) is 6.08. The van der Waals surface area contributed by atoms with Gasteiger partial charge in [-0.3, -0.25) is 4.79 Å². The summed E-state index contributed by atoms with van der Waals surface area (Å²) in [7, 11) is 0. The summed E-state index contributed by atoms with van der Waals surface area (Å²) in [5, 5.41) is 6.65. The molecule has 1 aliphatic heterocycles. The van der Waals surface area contributed by atoms with Gasteiger partial charge in [-0.2, -0.15) is 5.10 Å². The first-order chi connectivity index (χ1) is 13.3. The van der Waals surface area contributed by atoms with E-state index in [-0.39, 0.29) is 12.5 Å². The largest absolute Gasteiger partial charge is 0.353 e. The molecular weight excluding hydrogens is 346 g/mol. The molecule has 10 heteroatoms. The third-order valence-corrected chi connectivity index (χ3v) is 4.23. The Morgan fingerprint density at radius 1 is 1.04 bits per heavy atom. The monoisotopic (exact) mass is 365 g/mol. The van der Waals surface area contributed by atoms with Gasteiger partial charge < -0.3 is 15.1 Å². The Hall–Kier alpha value is -3.56. The van der Waals surface area contributed by atoms with E-state index in [0.29, 0.717) is 11.6 Å². The van der Waals surface area contributed by atoms with E-state index in [4.69, 9.17) is 0 Å². The molecule has 1 fully saturated rings. The molecule has 0 bridgehead atoms. The van der Waals surface area contributed by atoms with Crippen LogP contribution in [0.1, 0.15) is 0 Å². The van der Waals surface area contributed by atoms with Crippen LogP contribution < -0.4 is 15.1 Å². The van der Waals surface area contributed by atoms with Crippen molar-refractivity contribution in [3.8, 4) is 0 Å². The number of carbonyl (C=O) groups excluding carboxylic acids is 1. The van der Waals surface area contributed by atoms with E-state index in [1.165, 1.54) is 17.3 Å². The Balaban J connectivity index is 1.31. The average molecular weight is 365 g/mol. The third kappa shape index (κ3) is 4.17. The standard InChI is InChI=1S/C17H19N9O/c27-16(11-26-13-18-12-22-26)23-14-9-20-17(21-10-14)25-7-5-24(6-8-25)15-3-1-2-4-19-15/h1-4,9-10,12-13H,5-8,11H2,(H,23,27). The van der Waals surface area contributed by atoms with Crippen LogP contribution in [0.4, 0.5) is 17.5 Å². The molecule has 0 spiro atoms. The van der Waals surface area contributed by atoms with Crippen molar-refractivity contribution in [1.29, 1.82) is 0 Å². The SMILES string of the molecule is O=C(Cn1cncn1)Nc1cnc(N2CCN(c3ccccn3)CC2)nc1. The number of amides is 1. The Labute approximate surface area is 155 Å². The number of hydrogen-bond acceptors (Lipinski definition) is 8. The Morgan fingerprint density at radius 3 is 2.48 bits per heavy atom. The molecule has 27 heavy (non-hydrogen) atoms. The maximum atomic E-state index is 12.0. The maximum Gasteiger partial charge on any atom is 0.246 e. The first-order valence-electron chi connectivity index (χ1n) is 8.63. The fraction of sp³-hybridized carbons (Fsp3) is 0.294. The minimum Gasteiger partial charge on any atom is -0.353 e. The van der Waals surface area contributed by atoms with E-state index >= 15 is 0 Å². The molecule has 0 unspecified atom stereocenters. The smallest absolute Gasteiger partial charge is 0.246 e. The maximum absolute atomic E-state index is 12.0. The van der Waals surface area contributed by atoms with Gasteiger partial charge in [0.05, 0.1) is 18.1 Å². The molecule has 1 saturated heterocycles. The summed E-state index contributed by atoms with van der Waals surface area (Å²) in [5.41, 5.74) is 0.552. The summed E-state index contributed by atoms with van der Waals surface area (Å²) in [6, 6.07) is 5.93. The van der Waals surface area contributed by atoms with E-state index < -0.39 is 0 Å². The lowest BCUT2D eigenvalue weighted by molar-refractivity contribution is -0.116. The minimum absolute atomic E-state index is 0.0945. The molecule has 0 radical (unpaired) electrons. The highest BCUT2D eigenvalue weighted by atomic mass is 16.2. The quantitative estimate of drug-likeness (QED) is 0.694. The van der Waals surface area contributed by atoms with Crippen molar-refractivity contribution in [3.63, 3.8) is 0 Å². The molecule has 4 rings (SSSR count). The molecule has 0 atom stereocenters. The first-order valence-corrected chi connectivity index (χ1v) is 8.63. The minimum atomic E-state index is -0.208. The number of aromatic nitrogens is 6. The second kappa shape index (κ2) is 7.77. The summed E-state index contributed by atoms with van der Waals surface area (Å²) in [4.78, 5) is 33.3. The van der Waals surface area contributed by atoms with Crippen LogP contribution in [-0.4, -0.2) is 61.8 Å². The van der Waals surface area contributed by atoms with Crippen molar-refractivity contribution in [1.82, 2.24) is 29.7 Å². The molecule has 10 nitrogen and oxygen atoms in total. The Morgan fingerprint density at radius 2 is 1.81 bits per heavy atom. The summed E-state index contributed by atoms with van der Waals surface area (Å²) < 4.78 is 1.45. The lowest BCUT2D eigenvalue weighted by atomic mass is 10.3. The van der Waals surface area contributed by atoms with Gasteiger partial charge in [-0.05, 0) is 12.1 Å². The van der Waals surface area contributed by atoms with Gasteiger partial charge in [-0.15, -0.1) is 0 Å². The van der Waals surface area contributed by atoms with E-state index in [1.54, 1.807) is 18.6 Å². The average Bonchev–Trinajstić information content (AvgIpc) is 3.22. The van der Waals surface area contributed by atoms with Gasteiger partial charge in [0.15, 0.2) is 0 Å². The Bertz CT molecular complexity index is 859. The number of piperazine rings is 1. The second-order valence-electron chi connectivity index (χ2n) is 6.08. The van der Waals surface area contributed by atoms with Crippen LogP contribution >= 0.6 is 0 Å². The van der Waals surface area contributed by atoms with Crippen molar-refractivity contribution in [2.24, 2.45) is 0 Å². The topological polar surface area (TPSA) is 105 Å². The van der Waals surface area contributed by atoms with Gasteiger partial charge in [0.1, 0.15) is 25.0 Å². The molecule has 1 N–H and O–H groups in total. The summed E-state index contributed by atoms with van der Waals surface area (Å²) in [6.07, 6.45) is 7.92. The lowest BCUT2D eigenvalue weighted by Crippen LogP contribution is -2.47. The zero-order valence-electron chi connectivity index (χ0n) is 14.6. The molecule has 1 aliphatic rings. The molecule has 138 valence electrons. The number of carbonyl (C=O) groups is 1. The summed E-state index contributed by atoms with van der Waals surface area (Å²) >= 11 is 0. The van der Waals surface area contributed by atoms with Crippen molar-refractivity contribution in [2.75, 3.05) is 41.3 Å². The molecule has 4 heterocycles. The van der Waals surface area contributed by atoms with Crippen molar-refractivity contribution in [2.45, 2.75) is 6.54 Å². The molecule has 0 aliphatic carbocycles. The molecule has 3 aromatic heterocycles. The van der Waals surface area contributed by atoms with Crippen LogP contribution in [0, 0.1) is 0 Å². The van der Waals surface area contributed by atoms with E-state index in [2.05, 4.69) is 40.2 Å². The molecule has 3 aromatic rings. The predicted octanol–water partition coefficient (Wildman–Crippen LogP) is 0.428. The number of nitrogens with zero attached hydrogens (tertiary/aromatic N) is 8. The fourth-order valence-corrected chi connectivity index (χ4v) is 2.89. The number of pyridine rings is 1. The van der Waals surface area contributed by atoms with Gasteiger partial charge in [0, 0.05) is 32.4 Å². The predicted molar refractivity (Wildman–Crippen MR) is 99.3 cm³/mol. The lowest BCUT2D eigenvalue weighted by Gasteiger charge is -2.35. The normalized spacial score (nSPS) is 14.2. The van der Waals surface area contributed by atoms with Crippen LogP contribution in [0.15, 0.2) is 49.4 Å². The highest BCUT2D eigenvalue weighted by molar-refractivity contribution is 5.90. The van der Waals surface area contributed by atoms with Crippen LogP contribution in [0.2, 0.25) is 0 Å². The Kier molecular flexibility index (Phi) is 4.86. The van der Waals surface area contributed by atoms with Crippen LogP contribution in [0.3, 0.4) is 0 Å². The molecule has 0 aromatic carbocycles. The number of rotatable bonds is 5. The van der Waals surface area contributed by atoms with Crippen molar-refractivity contribution in [3.05, 3.63) is 49.4 Å². The molecule has 0 saturated carbocycles. The van der Waals surface area contributed by atoms with Crippen LogP contribution in [-0.2, 0) is 11.3 Å². The third-order valence-electron chi connectivity index (χ3n) is 4.23. The number of hydrogen-bond donors (Lipinski definition) is 1. The van der Waals surface area contributed by atoms with Crippen LogP contribution in [0.25, 0.3) is 0 Å². The van der Waals surface area contributed by atoms with Gasteiger partial charge in [-0.1, -0.05) is 6.07 Å².